The van der Waals surface area contributed by atoms with E-state index in [9.17, 15) is 14.9 Å². The number of aromatic nitrogens is 1. The summed E-state index contributed by atoms with van der Waals surface area (Å²) in [6.07, 6.45) is 5.23. The zero-order valence-corrected chi connectivity index (χ0v) is 17.1. The number of nitro benzene ring substituents is 1. The van der Waals surface area contributed by atoms with Crippen LogP contribution in [0.15, 0.2) is 79.0 Å². The lowest BCUT2D eigenvalue weighted by molar-refractivity contribution is -0.384. The van der Waals surface area contributed by atoms with E-state index in [2.05, 4.69) is 16.7 Å². The molecule has 0 spiro atoms. The van der Waals surface area contributed by atoms with Crippen LogP contribution in [0.4, 0.5) is 5.69 Å². The van der Waals surface area contributed by atoms with Gasteiger partial charge in [0.1, 0.15) is 0 Å². The summed E-state index contributed by atoms with van der Waals surface area (Å²) in [5.74, 6) is -0.101. The molecule has 154 valence electrons. The molecule has 2 aromatic carbocycles. The molecule has 1 amide bonds. The largest absolute Gasteiger partial charge is 0.345 e. The van der Waals surface area contributed by atoms with Gasteiger partial charge in [0.25, 0.3) is 5.69 Å². The third-order valence-corrected chi connectivity index (χ3v) is 4.88. The van der Waals surface area contributed by atoms with Gasteiger partial charge in [-0.05, 0) is 55.3 Å². The number of hydrogen-bond acceptors (Lipinski definition) is 3. The van der Waals surface area contributed by atoms with Crippen LogP contribution < -0.4 is 0 Å². The van der Waals surface area contributed by atoms with Gasteiger partial charge in [-0.15, -0.1) is 0 Å². The van der Waals surface area contributed by atoms with Crippen molar-refractivity contribution in [3.05, 3.63) is 106 Å². The Labute approximate surface area is 176 Å². The summed E-state index contributed by atoms with van der Waals surface area (Å²) in [6.45, 7) is 5.23. The topological polar surface area (TPSA) is 68.4 Å². The molecule has 3 aromatic rings. The summed E-state index contributed by atoms with van der Waals surface area (Å²) in [4.78, 5) is 25.0. The number of rotatable bonds is 8. The van der Waals surface area contributed by atoms with Crippen LogP contribution in [-0.4, -0.2) is 26.3 Å². The first-order valence-electron chi connectivity index (χ1n) is 9.85. The van der Waals surface area contributed by atoms with Gasteiger partial charge in [-0.25, -0.2) is 0 Å². The fourth-order valence-corrected chi connectivity index (χ4v) is 3.19. The molecule has 0 bridgehead atoms. The lowest BCUT2D eigenvalue weighted by Gasteiger charge is -2.26. The molecule has 0 unspecified atom stereocenters. The van der Waals surface area contributed by atoms with Crippen molar-refractivity contribution in [1.29, 1.82) is 0 Å². The van der Waals surface area contributed by atoms with Crippen molar-refractivity contribution in [1.82, 2.24) is 9.47 Å². The van der Waals surface area contributed by atoms with Gasteiger partial charge in [-0.3, -0.25) is 14.9 Å². The number of non-ortho nitro benzene ring substituents is 1. The van der Waals surface area contributed by atoms with E-state index in [0.717, 1.165) is 17.8 Å². The van der Waals surface area contributed by atoms with Crippen LogP contribution in [0, 0.1) is 10.1 Å². The van der Waals surface area contributed by atoms with Gasteiger partial charge in [0.05, 0.1) is 11.5 Å². The number of hydrogen-bond donors (Lipinski definition) is 0. The van der Waals surface area contributed by atoms with Crippen LogP contribution in [0.5, 0.6) is 0 Å². The first-order valence-corrected chi connectivity index (χ1v) is 9.85. The molecule has 0 aliphatic rings. The molecule has 0 saturated heterocycles. The van der Waals surface area contributed by atoms with Gasteiger partial charge >= 0.3 is 0 Å². The molecule has 1 heterocycles. The van der Waals surface area contributed by atoms with Crippen molar-refractivity contribution in [2.24, 2.45) is 0 Å². The van der Waals surface area contributed by atoms with E-state index in [1.807, 2.05) is 50.4 Å². The Morgan fingerprint density at radius 2 is 1.77 bits per heavy atom. The van der Waals surface area contributed by atoms with Crippen LogP contribution in [0.1, 0.15) is 30.7 Å². The quantitative estimate of drug-likeness (QED) is 0.305. The first-order chi connectivity index (χ1) is 14.4. The van der Waals surface area contributed by atoms with E-state index >= 15 is 0 Å². The van der Waals surface area contributed by atoms with E-state index in [-0.39, 0.29) is 17.6 Å². The zero-order chi connectivity index (χ0) is 21.5. The highest BCUT2D eigenvalue weighted by molar-refractivity contribution is 5.92. The SMILES string of the molecule is CC(C)N(Cc1cccn1Cc1ccccc1)C(=O)C=Cc1ccc([N+](=O)[O-])cc1. The van der Waals surface area contributed by atoms with Gasteiger partial charge in [0.2, 0.25) is 5.91 Å². The molecule has 3 rings (SSSR count). The van der Waals surface area contributed by atoms with Gasteiger partial charge in [-0.2, -0.15) is 0 Å². The Balaban J connectivity index is 1.71. The lowest BCUT2D eigenvalue weighted by atomic mass is 10.2. The first kappa shape index (κ1) is 21.0. The highest BCUT2D eigenvalue weighted by Gasteiger charge is 2.17. The van der Waals surface area contributed by atoms with Gasteiger partial charge < -0.3 is 9.47 Å². The summed E-state index contributed by atoms with van der Waals surface area (Å²) < 4.78 is 2.15. The van der Waals surface area contributed by atoms with E-state index < -0.39 is 4.92 Å². The Kier molecular flexibility index (Phi) is 6.80. The van der Waals surface area contributed by atoms with Crippen molar-refractivity contribution >= 4 is 17.7 Å². The lowest BCUT2D eigenvalue weighted by Crippen LogP contribution is -2.35. The van der Waals surface area contributed by atoms with Crippen molar-refractivity contribution < 1.29 is 9.72 Å². The molecule has 6 nitrogen and oxygen atoms in total. The third-order valence-electron chi connectivity index (χ3n) is 4.88. The molecule has 0 radical (unpaired) electrons. The second-order valence-corrected chi connectivity index (χ2v) is 7.35. The van der Waals surface area contributed by atoms with Crippen LogP contribution in [-0.2, 0) is 17.9 Å². The van der Waals surface area contributed by atoms with E-state index in [1.54, 1.807) is 23.1 Å². The molecule has 1 aromatic heterocycles. The number of carbonyl (C=O) groups is 1. The van der Waals surface area contributed by atoms with Gasteiger partial charge in [-0.1, -0.05) is 30.3 Å². The predicted molar refractivity (Wildman–Crippen MR) is 118 cm³/mol. The molecule has 0 N–H and O–H groups in total. The minimum Gasteiger partial charge on any atom is -0.345 e. The average Bonchev–Trinajstić information content (AvgIpc) is 3.17. The van der Waals surface area contributed by atoms with Crippen molar-refractivity contribution in [3.63, 3.8) is 0 Å². The molecular weight excluding hydrogens is 378 g/mol. The average molecular weight is 403 g/mol. The highest BCUT2D eigenvalue weighted by Crippen LogP contribution is 2.15. The minimum absolute atomic E-state index is 0.0269. The molecule has 6 heteroatoms. The van der Waals surface area contributed by atoms with E-state index in [1.165, 1.54) is 23.8 Å². The van der Waals surface area contributed by atoms with E-state index in [0.29, 0.717) is 6.54 Å². The van der Waals surface area contributed by atoms with Gasteiger partial charge in [0.15, 0.2) is 0 Å². The minimum atomic E-state index is -0.441. The summed E-state index contributed by atoms with van der Waals surface area (Å²) in [5.41, 5.74) is 3.03. The molecule has 0 atom stereocenters. The Hall–Kier alpha value is -3.67. The summed E-state index contributed by atoms with van der Waals surface area (Å²) in [7, 11) is 0. The summed E-state index contributed by atoms with van der Waals surface area (Å²) in [5, 5.41) is 10.8. The molecule has 0 fully saturated rings. The fourth-order valence-electron chi connectivity index (χ4n) is 3.19. The molecule has 30 heavy (non-hydrogen) atoms. The number of amides is 1. The van der Waals surface area contributed by atoms with Crippen molar-refractivity contribution in [3.8, 4) is 0 Å². The summed E-state index contributed by atoms with van der Waals surface area (Å²) >= 11 is 0. The summed E-state index contributed by atoms with van der Waals surface area (Å²) in [6, 6.07) is 20.4. The fraction of sp³-hybridized carbons (Fsp3) is 0.208. The second kappa shape index (κ2) is 9.69. The van der Waals surface area contributed by atoms with Crippen LogP contribution >= 0.6 is 0 Å². The smallest absolute Gasteiger partial charge is 0.269 e. The predicted octanol–water partition coefficient (Wildman–Crippen LogP) is 4.90. The number of nitrogens with zero attached hydrogens (tertiary/aromatic N) is 3. The zero-order valence-electron chi connectivity index (χ0n) is 17.1. The standard InChI is InChI=1S/C24H25N3O3/c1-19(2)26(24(28)15-12-20-10-13-22(14-11-20)27(29)30)18-23-9-6-16-25(23)17-21-7-4-3-5-8-21/h3-16,19H,17-18H2,1-2H3. The number of benzene rings is 2. The van der Waals surface area contributed by atoms with E-state index in [4.69, 9.17) is 0 Å². The second-order valence-electron chi connectivity index (χ2n) is 7.35. The van der Waals surface area contributed by atoms with Crippen LogP contribution in [0.25, 0.3) is 6.08 Å². The molecule has 0 aliphatic heterocycles. The maximum atomic E-state index is 12.9. The van der Waals surface area contributed by atoms with Crippen LogP contribution in [0.2, 0.25) is 0 Å². The maximum Gasteiger partial charge on any atom is 0.269 e. The normalized spacial score (nSPS) is 11.2. The third kappa shape index (κ3) is 5.44. The van der Waals surface area contributed by atoms with Crippen LogP contribution in [0.3, 0.4) is 0 Å². The Bertz CT molecular complexity index is 1020. The molecule has 0 saturated carbocycles. The number of carbonyl (C=O) groups excluding carboxylic acids is 1. The van der Waals surface area contributed by atoms with Crippen molar-refractivity contribution in [2.45, 2.75) is 33.0 Å². The monoisotopic (exact) mass is 403 g/mol. The molecular formula is C24H25N3O3. The van der Waals surface area contributed by atoms with Gasteiger partial charge in [0, 0.05) is 42.7 Å². The highest BCUT2D eigenvalue weighted by atomic mass is 16.6. The van der Waals surface area contributed by atoms with Crippen molar-refractivity contribution in [2.75, 3.05) is 0 Å². The Morgan fingerprint density at radius 3 is 2.40 bits per heavy atom. The number of nitro groups is 1. The maximum absolute atomic E-state index is 12.9. The molecule has 0 aliphatic carbocycles. The Morgan fingerprint density at radius 1 is 1.07 bits per heavy atom.